The summed E-state index contributed by atoms with van der Waals surface area (Å²) in [5, 5.41) is 6.57. The van der Waals surface area contributed by atoms with Gasteiger partial charge >= 0.3 is 0 Å². The van der Waals surface area contributed by atoms with Gasteiger partial charge in [-0.25, -0.2) is 0 Å². The molecule has 0 fully saturated rings. The molecule has 2 aliphatic heterocycles. The normalized spacial score (nSPS) is 18.0. The molecule has 2 N–H and O–H groups in total. The van der Waals surface area contributed by atoms with Crippen LogP contribution in [0, 0.1) is 0 Å². The standard InChI is InChI=1S/C10H9N3S/c1-2-4-8-7(3-1)13-10-9(14-8)5-11-6-12-10/h1-5,12-13H,6H2. The summed E-state index contributed by atoms with van der Waals surface area (Å²) in [6, 6.07) is 8.28. The van der Waals surface area contributed by atoms with Crippen molar-refractivity contribution in [1.82, 2.24) is 5.32 Å². The Labute approximate surface area is 86.3 Å². The zero-order valence-electron chi connectivity index (χ0n) is 7.45. The van der Waals surface area contributed by atoms with E-state index in [0.29, 0.717) is 6.67 Å². The highest BCUT2D eigenvalue weighted by molar-refractivity contribution is 8.04. The van der Waals surface area contributed by atoms with Crippen LogP contribution in [0.1, 0.15) is 0 Å². The van der Waals surface area contributed by atoms with Crippen molar-refractivity contribution in [3.63, 3.8) is 0 Å². The van der Waals surface area contributed by atoms with E-state index in [1.165, 1.54) is 10.6 Å². The summed E-state index contributed by atoms with van der Waals surface area (Å²) >= 11 is 1.75. The maximum absolute atomic E-state index is 4.18. The van der Waals surface area contributed by atoms with Gasteiger partial charge in [-0.1, -0.05) is 23.9 Å². The summed E-state index contributed by atoms with van der Waals surface area (Å²) < 4.78 is 0. The Balaban J connectivity index is 2.03. The summed E-state index contributed by atoms with van der Waals surface area (Å²) in [6.45, 7) is 0.661. The molecule has 0 aromatic heterocycles. The van der Waals surface area contributed by atoms with Crippen LogP contribution in [0.25, 0.3) is 0 Å². The first-order valence-electron chi connectivity index (χ1n) is 4.45. The molecule has 3 nitrogen and oxygen atoms in total. The molecule has 3 rings (SSSR count). The minimum atomic E-state index is 0.661. The second-order valence-electron chi connectivity index (χ2n) is 3.11. The molecule has 0 atom stereocenters. The third-order valence-electron chi connectivity index (χ3n) is 2.17. The quantitative estimate of drug-likeness (QED) is 0.677. The Hall–Kier alpha value is -1.42. The molecule has 70 valence electrons. The van der Waals surface area contributed by atoms with Crippen molar-refractivity contribution in [2.75, 3.05) is 12.0 Å². The van der Waals surface area contributed by atoms with Crippen molar-refractivity contribution in [2.45, 2.75) is 4.90 Å². The number of allylic oxidation sites excluding steroid dienone is 1. The molecule has 1 aromatic carbocycles. The first kappa shape index (κ1) is 7.94. The van der Waals surface area contributed by atoms with Crippen LogP contribution in [0.5, 0.6) is 0 Å². The number of para-hydroxylation sites is 1. The van der Waals surface area contributed by atoms with Gasteiger partial charge in [-0.3, -0.25) is 4.99 Å². The van der Waals surface area contributed by atoms with E-state index in [9.17, 15) is 0 Å². The van der Waals surface area contributed by atoms with Crippen LogP contribution >= 0.6 is 11.8 Å². The van der Waals surface area contributed by atoms with Gasteiger partial charge < -0.3 is 10.6 Å². The van der Waals surface area contributed by atoms with Crippen LogP contribution in [-0.4, -0.2) is 12.9 Å². The fraction of sp³-hybridized carbons (Fsp3) is 0.100. The third-order valence-corrected chi connectivity index (χ3v) is 3.27. The molecule has 0 aliphatic carbocycles. The number of thioether (sulfide) groups is 1. The molecule has 2 aliphatic rings. The Morgan fingerprint density at radius 2 is 2.21 bits per heavy atom. The van der Waals surface area contributed by atoms with Crippen molar-refractivity contribution in [3.8, 4) is 0 Å². The molecule has 0 amide bonds. The molecule has 1 aromatic rings. The number of anilines is 1. The van der Waals surface area contributed by atoms with Crippen LogP contribution in [0.15, 0.2) is 44.9 Å². The smallest absolute Gasteiger partial charge is 0.121 e. The van der Waals surface area contributed by atoms with Gasteiger partial charge in [-0.05, 0) is 12.1 Å². The minimum Gasteiger partial charge on any atom is -0.352 e. The lowest BCUT2D eigenvalue weighted by molar-refractivity contribution is 0.820. The summed E-state index contributed by atoms with van der Waals surface area (Å²) in [5.41, 5.74) is 1.17. The van der Waals surface area contributed by atoms with E-state index in [1.54, 1.807) is 11.8 Å². The molecule has 0 saturated carbocycles. The lowest BCUT2D eigenvalue weighted by Crippen LogP contribution is -2.26. The average molecular weight is 203 g/mol. The predicted octanol–water partition coefficient (Wildman–Crippen LogP) is 2.00. The first-order valence-corrected chi connectivity index (χ1v) is 5.27. The van der Waals surface area contributed by atoms with E-state index >= 15 is 0 Å². The van der Waals surface area contributed by atoms with E-state index < -0.39 is 0 Å². The largest absolute Gasteiger partial charge is 0.352 e. The van der Waals surface area contributed by atoms with Crippen LogP contribution in [0.3, 0.4) is 0 Å². The van der Waals surface area contributed by atoms with Gasteiger partial charge in [0.2, 0.25) is 0 Å². The van der Waals surface area contributed by atoms with Crippen molar-refractivity contribution < 1.29 is 0 Å². The van der Waals surface area contributed by atoms with Crippen molar-refractivity contribution in [2.24, 2.45) is 4.99 Å². The zero-order chi connectivity index (χ0) is 9.38. The average Bonchev–Trinajstić information content (AvgIpc) is 2.26. The van der Waals surface area contributed by atoms with Crippen LogP contribution < -0.4 is 10.6 Å². The number of hydrogen-bond donors (Lipinski definition) is 2. The molecular formula is C10H9N3S. The van der Waals surface area contributed by atoms with E-state index in [4.69, 9.17) is 0 Å². The highest BCUT2D eigenvalue weighted by Gasteiger charge is 2.17. The van der Waals surface area contributed by atoms with E-state index in [-0.39, 0.29) is 0 Å². The molecule has 0 spiro atoms. The maximum atomic E-state index is 4.18. The number of nitrogens with zero attached hydrogens (tertiary/aromatic N) is 1. The van der Waals surface area contributed by atoms with Gasteiger partial charge in [0.05, 0.1) is 10.6 Å². The fourth-order valence-electron chi connectivity index (χ4n) is 1.50. The number of aliphatic imine (C=N–C) groups is 1. The summed E-state index contributed by atoms with van der Waals surface area (Å²) in [5.74, 6) is 1.07. The lowest BCUT2D eigenvalue weighted by Gasteiger charge is -2.24. The fourth-order valence-corrected chi connectivity index (χ4v) is 2.47. The highest BCUT2D eigenvalue weighted by Crippen LogP contribution is 2.38. The van der Waals surface area contributed by atoms with Gasteiger partial charge in [-0.2, -0.15) is 0 Å². The predicted molar refractivity (Wildman–Crippen MR) is 59.4 cm³/mol. The SMILES string of the molecule is C1=NCNC2=C1Sc1ccccc1N2. The van der Waals surface area contributed by atoms with E-state index in [0.717, 1.165) is 10.7 Å². The van der Waals surface area contributed by atoms with E-state index in [2.05, 4.69) is 27.8 Å². The second-order valence-corrected chi connectivity index (χ2v) is 4.19. The molecule has 2 heterocycles. The minimum absolute atomic E-state index is 0.661. The topological polar surface area (TPSA) is 36.4 Å². The van der Waals surface area contributed by atoms with Crippen LogP contribution in [0.2, 0.25) is 0 Å². The summed E-state index contributed by atoms with van der Waals surface area (Å²) in [7, 11) is 0. The van der Waals surface area contributed by atoms with Crippen molar-refractivity contribution in [1.29, 1.82) is 0 Å². The van der Waals surface area contributed by atoms with Gasteiger partial charge in [0.15, 0.2) is 0 Å². The number of nitrogens with one attached hydrogen (secondary N) is 2. The van der Waals surface area contributed by atoms with Gasteiger partial charge in [0, 0.05) is 11.1 Å². The number of hydrogen-bond acceptors (Lipinski definition) is 4. The zero-order valence-corrected chi connectivity index (χ0v) is 8.27. The van der Waals surface area contributed by atoms with E-state index in [1.807, 2.05) is 18.3 Å². The molecule has 0 radical (unpaired) electrons. The van der Waals surface area contributed by atoms with Gasteiger partial charge in [-0.15, -0.1) is 0 Å². The van der Waals surface area contributed by atoms with Crippen molar-refractivity contribution in [3.05, 3.63) is 35.0 Å². The molecular weight excluding hydrogens is 194 g/mol. The molecule has 0 bridgehead atoms. The Morgan fingerprint density at radius 1 is 1.29 bits per heavy atom. The maximum Gasteiger partial charge on any atom is 0.121 e. The van der Waals surface area contributed by atoms with Crippen molar-refractivity contribution >= 4 is 23.7 Å². The molecule has 0 saturated heterocycles. The monoisotopic (exact) mass is 203 g/mol. The summed E-state index contributed by atoms with van der Waals surface area (Å²) in [4.78, 5) is 6.59. The second kappa shape index (κ2) is 3.06. The lowest BCUT2D eigenvalue weighted by atomic mass is 10.3. The number of benzene rings is 1. The van der Waals surface area contributed by atoms with Gasteiger partial charge in [0.25, 0.3) is 0 Å². The number of fused-ring (bicyclic) bond motifs is 1. The van der Waals surface area contributed by atoms with Crippen LogP contribution in [-0.2, 0) is 0 Å². The Bertz CT molecular complexity index is 437. The molecule has 14 heavy (non-hydrogen) atoms. The molecule has 4 heteroatoms. The Morgan fingerprint density at radius 3 is 3.21 bits per heavy atom. The van der Waals surface area contributed by atoms with Crippen LogP contribution in [0.4, 0.5) is 5.69 Å². The van der Waals surface area contributed by atoms with Gasteiger partial charge in [0.1, 0.15) is 12.5 Å². The number of rotatable bonds is 0. The summed E-state index contributed by atoms with van der Waals surface area (Å²) in [6.07, 6.45) is 1.92. The molecule has 0 unspecified atom stereocenters. The highest BCUT2D eigenvalue weighted by atomic mass is 32.2. The Kier molecular flexibility index (Phi) is 1.73. The third kappa shape index (κ3) is 1.19. The first-order chi connectivity index (χ1) is 6.93.